The third-order valence-corrected chi connectivity index (χ3v) is 1.30. The molecule has 5 nitrogen and oxygen atoms in total. The Balaban J connectivity index is 3.61. The second kappa shape index (κ2) is 7.16. The third kappa shape index (κ3) is 12.7. The second-order valence-corrected chi connectivity index (χ2v) is 3.06. The normalized spacial score (nSPS) is 12.1. The zero-order valence-corrected chi connectivity index (χ0v) is 9.14. The molecule has 0 bridgehead atoms. The number of esters is 2. The molecule has 0 aromatic rings. The molecule has 0 unspecified atom stereocenters. The Hall–Kier alpha value is -1.52. The Morgan fingerprint density at radius 1 is 0.737 bits per heavy atom. The first kappa shape index (κ1) is 17.5. The van der Waals surface area contributed by atoms with Gasteiger partial charge in [0.2, 0.25) is 0 Å². The van der Waals surface area contributed by atoms with E-state index in [1.165, 1.54) is 0 Å². The third-order valence-electron chi connectivity index (χ3n) is 1.30. The molecule has 0 N–H and O–H groups in total. The fourth-order valence-electron chi connectivity index (χ4n) is 0.678. The van der Waals surface area contributed by atoms with Gasteiger partial charge in [-0.25, -0.2) is 0 Å². The minimum absolute atomic E-state index is 0.978. The predicted octanol–water partition coefficient (Wildman–Crippen LogP) is 1.91. The van der Waals surface area contributed by atoms with Gasteiger partial charge in [0.1, 0.15) is 12.8 Å². The van der Waals surface area contributed by atoms with Crippen molar-refractivity contribution >= 4 is 11.9 Å². The summed E-state index contributed by atoms with van der Waals surface area (Å²) in [5.74, 6) is -3.26. The number of hydrogen-bond donors (Lipinski definition) is 0. The Morgan fingerprint density at radius 2 is 1.05 bits per heavy atom. The SMILES string of the molecule is O=C(CC(F)(F)F)OCOCOC(=O)CC(F)(F)F. The molecule has 0 amide bonds. The number of alkyl halides is 6. The molecule has 0 fully saturated rings. The van der Waals surface area contributed by atoms with Gasteiger partial charge >= 0.3 is 24.3 Å². The molecule has 0 heterocycles. The van der Waals surface area contributed by atoms with Crippen LogP contribution in [0.4, 0.5) is 26.3 Å². The van der Waals surface area contributed by atoms with Crippen molar-refractivity contribution in [3.05, 3.63) is 0 Å². The Labute approximate surface area is 102 Å². The van der Waals surface area contributed by atoms with E-state index in [1.54, 1.807) is 0 Å². The second-order valence-electron chi connectivity index (χ2n) is 3.06. The van der Waals surface area contributed by atoms with Crippen LogP contribution in [0.3, 0.4) is 0 Å². The van der Waals surface area contributed by atoms with Crippen LogP contribution in [0.15, 0.2) is 0 Å². The summed E-state index contributed by atoms with van der Waals surface area (Å²) in [6, 6.07) is 0. The van der Waals surface area contributed by atoms with E-state index in [0.717, 1.165) is 0 Å². The van der Waals surface area contributed by atoms with Crippen LogP contribution in [0.1, 0.15) is 12.8 Å². The van der Waals surface area contributed by atoms with Gasteiger partial charge < -0.3 is 14.2 Å². The molecule has 0 saturated heterocycles. The van der Waals surface area contributed by atoms with Crippen LogP contribution in [0.25, 0.3) is 0 Å². The first-order valence-corrected chi connectivity index (χ1v) is 4.52. The van der Waals surface area contributed by atoms with Gasteiger partial charge in [0.05, 0.1) is 0 Å². The molecule has 112 valence electrons. The molecular weight excluding hydrogens is 290 g/mol. The standard InChI is InChI=1S/C8H8F6O5/c9-7(10,11)1-5(15)18-3-17-4-19-6(16)2-8(12,13)14/h1-4H2. The van der Waals surface area contributed by atoms with Gasteiger partial charge in [-0.15, -0.1) is 0 Å². The van der Waals surface area contributed by atoms with Crippen molar-refractivity contribution in [2.45, 2.75) is 25.2 Å². The molecule has 0 saturated carbocycles. The van der Waals surface area contributed by atoms with Crippen LogP contribution in [0.5, 0.6) is 0 Å². The highest BCUT2D eigenvalue weighted by Gasteiger charge is 2.33. The topological polar surface area (TPSA) is 61.8 Å². The van der Waals surface area contributed by atoms with Crippen molar-refractivity contribution in [3.8, 4) is 0 Å². The summed E-state index contributed by atoms with van der Waals surface area (Å²) in [5, 5.41) is 0. The first-order chi connectivity index (χ1) is 8.49. The monoisotopic (exact) mass is 298 g/mol. The van der Waals surface area contributed by atoms with Gasteiger partial charge in [-0.3, -0.25) is 9.59 Å². The lowest BCUT2D eigenvalue weighted by atomic mass is 10.4. The Kier molecular flexibility index (Phi) is 6.59. The number of carbonyl (C=O) groups is 2. The smallest absolute Gasteiger partial charge is 0.399 e. The van der Waals surface area contributed by atoms with E-state index in [-0.39, 0.29) is 0 Å². The molecule has 0 spiro atoms. The number of ether oxygens (including phenoxy) is 3. The number of halogens is 6. The molecule has 0 aromatic heterocycles. The van der Waals surface area contributed by atoms with E-state index in [4.69, 9.17) is 0 Å². The van der Waals surface area contributed by atoms with Crippen molar-refractivity contribution in [2.75, 3.05) is 13.6 Å². The van der Waals surface area contributed by atoms with Crippen molar-refractivity contribution in [1.29, 1.82) is 0 Å². The fourth-order valence-corrected chi connectivity index (χ4v) is 0.678. The lowest BCUT2D eigenvalue weighted by Crippen LogP contribution is -2.20. The molecular formula is C8H8F6O5. The van der Waals surface area contributed by atoms with Gasteiger partial charge in [0, 0.05) is 0 Å². The highest BCUT2D eigenvalue weighted by atomic mass is 19.4. The Bertz CT molecular complexity index is 280. The van der Waals surface area contributed by atoms with E-state index in [1.807, 2.05) is 0 Å². The lowest BCUT2D eigenvalue weighted by molar-refractivity contribution is -0.194. The Morgan fingerprint density at radius 3 is 1.32 bits per heavy atom. The summed E-state index contributed by atoms with van der Waals surface area (Å²) < 4.78 is 81.8. The average Bonchev–Trinajstić information content (AvgIpc) is 2.10. The van der Waals surface area contributed by atoms with Crippen LogP contribution < -0.4 is 0 Å². The highest BCUT2D eigenvalue weighted by Crippen LogP contribution is 2.20. The van der Waals surface area contributed by atoms with Crippen LogP contribution in [-0.4, -0.2) is 37.9 Å². The minimum atomic E-state index is -4.74. The minimum Gasteiger partial charge on any atom is -0.438 e. The summed E-state index contributed by atoms with van der Waals surface area (Å²) in [6.45, 7) is -1.96. The van der Waals surface area contributed by atoms with Crippen molar-refractivity contribution in [1.82, 2.24) is 0 Å². The van der Waals surface area contributed by atoms with Crippen molar-refractivity contribution < 1.29 is 50.1 Å². The van der Waals surface area contributed by atoms with E-state index >= 15 is 0 Å². The number of rotatable bonds is 6. The first-order valence-electron chi connectivity index (χ1n) is 4.52. The molecule has 0 atom stereocenters. The van der Waals surface area contributed by atoms with E-state index in [2.05, 4.69) is 14.2 Å². The summed E-state index contributed by atoms with van der Waals surface area (Å²) >= 11 is 0. The maximum absolute atomic E-state index is 11.6. The molecule has 19 heavy (non-hydrogen) atoms. The molecule has 11 heteroatoms. The van der Waals surface area contributed by atoms with Gasteiger partial charge in [0.25, 0.3) is 0 Å². The van der Waals surface area contributed by atoms with Gasteiger partial charge in [-0.1, -0.05) is 0 Å². The average molecular weight is 298 g/mol. The zero-order valence-electron chi connectivity index (χ0n) is 9.14. The maximum atomic E-state index is 11.6. The van der Waals surface area contributed by atoms with Gasteiger partial charge in [-0.05, 0) is 0 Å². The molecule has 0 aliphatic carbocycles. The lowest BCUT2D eigenvalue weighted by Gasteiger charge is -2.09. The van der Waals surface area contributed by atoms with Crippen LogP contribution in [-0.2, 0) is 23.8 Å². The largest absolute Gasteiger partial charge is 0.438 e. The molecule has 0 aliphatic heterocycles. The van der Waals surface area contributed by atoms with E-state index < -0.39 is 50.7 Å². The van der Waals surface area contributed by atoms with Crippen LogP contribution in [0.2, 0.25) is 0 Å². The fraction of sp³-hybridized carbons (Fsp3) is 0.750. The van der Waals surface area contributed by atoms with Gasteiger partial charge in [0.15, 0.2) is 13.6 Å². The van der Waals surface area contributed by atoms with Crippen LogP contribution in [0, 0.1) is 0 Å². The zero-order chi connectivity index (χ0) is 15.1. The van der Waals surface area contributed by atoms with Gasteiger partial charge in [-0.2, -0.15) is 26.3 Å². The quantitative estimate of drug-likeness (QED) is 0.324. The van der Waals surface area contributed by atoms with E-state index in [9.17, 15) is 35.9 Å². The molecule has 0 aliphatic rings. The van der Waals surface area contributed by atoms with Crippen molar-refractivity contribution in [2.24, 2.45) is 0 Å². The molecule has 0 radical (unpaired) electrons. The highest BCUT2D eigenvalue weighted by molar-refractivity contribution is 5.70. The molecule has 0 rings (SSSR count). The van der Waals surface area contributed by atoms with Crippen LogP contribution >= 0.6 is 0 Å². The summed E-state index contributed by atoms with van der Waals surface area (Å²) in [7, 11) is 0. The number of hydrogen-bond acceptors (Lipinski definition) is 5. The summed E-state index contributed by atoms with van der Waals surface area (Å²) in [5.41, 5.74) is 0. The van der Waals surface area contributed by atoms with E-state index in [0.29, 0.717) is 0 Å². The number of carbonyl (C=O) groups excluding carboxylic acids is 2. The van der Waals surface area contributed by atoms with Crippen molar-refractivity contribution in [3.63, 3.8) is 0 Å². The summed E-state index contributed by atoms with van der Waals surface area (Å²) in [6.07, 6.45) is -13.1. The maximum Gasteiger partial charge on any atom is 0.399 e. The predicted molar refractivity (Wildman–Crippen MR) is 44.3 cm³/mol. The molecule has 0 aromatic carbocycles. The summed E-state index contributed by atoms with van der Waals surface area (Å²) in [4.78, 5) is 20.9.